The first kappa shape index (κ1) is 23.8. The minimum atomic E-state index is -4.67. The highest BCUT2D eigenvalue weighted by Gasteiger charge is 2.18. The number of rotatable bonds is 3. The van der Waals surface area contributed by atoms with Crippen molar-refractivity contribution in [1.82, 2.24) is 9.55 Å². The molecule has 3 rings (SSSR count). The number of benzene rings is 2. The van der Waals surface area contributed by atoms with Crippen LogP contribution in [0.2, 0.25) is 5.15 Å². The van der Waals surface area contributed by atoms with Crippen molar-refractivity contribution >= 4 is 39.4 Å². The standard InChI is InChI=1S/C11H8Cl2N2O.C7H8.H2O4S/c12-9-6-15(7-14-9)11(13)10(16)8-4-2-1-3-5-8;1-7-5-3-2-4-6-7;1-5(2,3)4/h1-7,11H;2-6H,1H3;(H2,1,2,3,4). The van der Waals surface area contributed by atoms with Gasteiger partial charge >= 0.3 is 10.4 Å². The quantitative estimate of drug-likeness (QED) is 0.349. The summed E-state index contributed by atoms with van der Waals surface area (Å²) in [5, 5.41) is 0.312. The molecule has 28 heavy (non-hydrogen) atoms. The summed E-state index contributed by atoms with van der Waals surface area (Å²) in [5.74, 6) is -0.184. The van der Waals surface area contributed by atoms with Gasteiger partial charge in [-0.3, -0.25) is 13.9 Å². The molecule has 0 saturated carbocycles. The number of halogens is 2. The van der Waals surface area contributed by atoms with Crippen molar-refractivity contribution in [2.45, 2.75) is 12.4 Å². The van der Waals surface area contributed by atoms with Crippen molar-refractivity contribution in [2.24, 2.45) is 0 Å². The molecule has 0 aliphatic rings. The highest BCUT2D eigenvalue weighted by Crippen LogP contribution is 2.20. The lowest BCUT2D eigenvalue weighted by atomic mass is 10.1. The second-order valence-corrected chi connectivity index (χ2v) is 7.01. The van der Waals surface area contributed by atoms with Gasteiger partial charge in [0, 0.05) is 11.8 Å². The van der Waals surface area contributed by atoms with Gasteiger partial charge in [0.25, 0.3) is 0 Å². The minimum Gasteiger partial charge on any atom is -0.312 e. The molecular formula is C18H18Cl2N2O5S. The van der Waals surface area contributed by atoms with Crippen molar-refractivity contribution in [2.75, 3.05) is 0 Å². The van der Waals surface area contributed by atoms with Gasteiger partial charge in [0.1, 0.15) is 5.15 Å². The maximum atomic E-state index is 11.9. The predicted octanol–water partition coefficient (Wildman–Crippen LogP) is 4.50. The predicted molar refractivity (Wildman–Crippen MR) is 108 cm³/mol. The lowest BCUT2D eigenvalue weighted by molar-refractivity contribution is 0.0964. The summed E-state index contributed by atoms with van der Waals surface area (Å²) in [6, 6.07) is 19.1. The van der Waals surface area contributed by atoms with E-state index in [0.29, 0.717) is 10.7 Å². The number of carbonyl (C=O) groups is 1. The lowest BCUT2D eigenvalue weighted by Crippen LogP contribution is -2.12. The van der Waals surface area contributed by atoms with Gasteiger partial charge in [0.05, 0.1) is 6.33 Å². The number of Topliss-reactive ketones (excluding diaryl/α,β-unsaturated/α-hetero) is 1. The molecule has 1 unspecified atom stereocenters. The maximum absolute atomic E-state index is 11.9. The molecule has 1 heterocycles. The van der Waals surface area contributed by atoms with Gasteiger partial charge < -0.3 is 4.57 Å². The first-order valence-corrected chi connectivity index (χ1v) is 9.93. The Morgan fingerprint density at radius 2 is 1.50 bits per heavy atom. The first-order chi connectivity index (χ1) is 13.1. The van der Waals surface area contributed by atoms with Crippen LogP contribution in [0, 0.1) is 6.92 Å². The summed E-state index contributed by atoms with van der Waals surface area (Å²) in [7, 11) is -4.67. The van der Waals surface area contributed by atoms with E-state index in [1.165, 1.54) is 22.7 Å². The summed E-state index contributed by atoms with van der Waals surface area (Å²) < 4.78 is 33.1. The molecule has 0 spiro atoms. The van der Waals surface area contributed by atoms with Crippen molar-refractivity contribution in [3.05, 3.63) is 89.5 Å². The fourth-order valence-electron chi connectivity index (χ4n) is 1.85. The van der Waals surface area contributed by atoms with E-state index in [9.17, 15) is 4.79 Å². The van der Waals surface area contributed by atoms with Crippen LogP contribution < -0.4 is 0 Å². The Morgan fingerprint density at radius 3 is 1.86 bits per heavy atom. The third kappa shape index (κ3) is 10.2. The van der Waals surface area contributed by atoms with E-state index in [2.05, 4.69) is 24.0 Å². The molecule has 0 fully saturated rings. The number of hydrogen-bond acceptors (Lipinski definition) is 4. The monoisotopic (exact) mass is 444 g/mol. The van der Waals surface area contributed by atoms with E-state index in [4.69, 9.17) is 40.7 Å². The molecule has 10 heteroatoms. The van der Waals surface area contributed by atoms with Gasteiger partial charge in [-0.1, -0.05) is 89.4 Å². The normalized spacial score (nSPS) is 11.3. The van der Waals surface area contributed by atoms with E-state index >= 15 is 0 Å². The zero-order valence-corrected chi connectivity index (χ0v) is 17.0. The minimum absolute atomic E-state index is 0.184. The number of hydrogen-bond donors (Lipinski definition) is 2. The first-order valence-electron chi connectivity index (χ1n) is 7.71. The molecule has 0 aliphatic carbocycles. The molecular weight excluding hydrogens is 427 g/mol. The summed E-state index contributed by atoms with van der Waals surface area (Å²) in [6.45, 7) is 2.08. The average Bonchev–Trinajstić information content (AvgIpc) is 3.07. The Kier molecular flexibility index (Phi) is 9.84. The molecule has 0 saturated heterocycles. The van der Waals surface area contributed by atoms with Gasteiger partial charge in [0.15, 0.2) is 5.50 Å². The van der Waals surface area contributed by atoms with Crippen LogP contribution in [0.5, 0.6) is 0 Å². The molecule has 0 radical (unpaired) electrons. The second kappa shape index (κ2) is 11.6. The molecule has 0 bridgehead atoms. The summed E-state index contributed by atoms with van der Waals surface area (Å²) in [5.41, 5.74) is 1.07. The number of nitrogens with zero attached hydrogens (tertiary/aromatic N) is 2. The van der Waals surface area contributed by atoms with Crippen molar-refractivity contribution < 1.29 is 22.3 Å². The maximum Gasteiger partial charge on any atom is 0.394 e. The Labute approximate surface area is 173 Å². The topological polar surface area (TPSA) is 109 Å². The van der Waals surface area contributed by atoms with Crippen LogP contribution >= 0.6 is 23.2 Å². The van der Waals surface area contributed by atoms with Gasteiger partial charge in [-0.05, 0) is 6.92 Å². The van der Waals surface area contributed by atoms with Gasteiger partial charge in [-0.15, -0.1) is 0 Å². The SMILES string of the molecule is Cc1ccccc1.O=C(c1ccccc1)C(Cl)n1cnc(Cl)c1.O=S(=O)(O)O. The molecule has 1 atom stereocenters. The Hall–Kier alpha value is -2.23. The molecule has 2 aromatic carbocycles. The van der Waals surface area contributed by atoms with Crippen molar-refractivity contribution in [3.63, 3.8) is 0 Å². The van der Waals surface area contributed by atoms with E-state index in [1.54, 1.807) is 24.3 Å². The molecule has 1 aromatic heterocycles. The van der Waals surface area contributed by atoms with E-state index in [-0.39, 0.29) is 5.78 Å². The fraction of sp³-hybridized carbons (Fsp3) is 0.111. The van der Waals surface area contributed by atoms with Crippen molar-refractivity contribution in [1.29, 1.82) is 0 Å². The van der Waals surface area contributed by atoms with Gasteiger partial charge in [0.2, 0.25) is 5.78 Å². The van der Waals surface area contributed by atoms with E-state index < -0.39 is 15.9 Å². The van der Waals surface area contributed by atoms with Crippen LogP contribution in [-0.4, -0.2) is 32.9 Å². The largest absolute Gasteiger partial charge is 0.394 e. The summed E-state index contributed by atoms with van der Waals surface area (Å²) in [6.07, 6.45) is 2.95. The highest BCUT2D eigenvalue weighted by atomic mass is 35.5. The Balaban J connectivity index is 0.000000269. The van der Waals surface area contributed by atoms with Crippen LogP contribution in [0.15, 0.2) is 73.2 Å². The van der Waals surface area contributed by atoms with E-state index in [0.717, 1.165) is 0 Å². The van der Waals surface area contributed by atoms with Crippen molar-refractivity contribution in [3.8, 4) is 0 Å². The van der Waals surface area contributed by atoms with Crippen LogP contribution in [0.1, 0.15) is 21.4 Å². The molecule has 0 aliphatic heterocycles. The smallest absolute Gasteiger partial charge is 0.312 e. The molecule has 0 amide bonds. The highest BCUT2D eigenvalue weighted by molar-refractivity contribution is 7.79. The number of imidazole rings is 1. The molecule has 3 aromatic rings. The Morgan fingerprint density at radius 1 is 1.04 bits per heavy atom. The second-order valence-electron chi connectivity index (χ2n) is 5.31. The molecule has 2 N–H and O–H groups in total. The summed E-state index contributed by atoms with van der Waals surface area (Å²) >= 11 is 11.7. The van der Waals surface area contributed by atoms with Crippen LogP contribution in [0.3, 0.4) is 0 Å². The molecule has 150 valence electrons. The average molecular weight is 445 g/mol. The third-order valence-electron chi connectivity index (χ3n) is 3.05. The lowest BCUT2D eigenvalue weighted by Gasteiger charge is -2.09. The number of carbonyl (C=O) groups excluding carboxylic acids is 1. The molecule has 7 nitrogen and oxygen atoms in total. The number of alkyl halides is 1. The van der Waals surface area contributed by atoms with Crippen LogP contribution in [0.25, 0.3) is 0 Å². The summed E-state index contributed by atoms with van der Waals surface area (Å²) in [4.78, 5) is 15.7. The zero-order chi connectivity index (χ0) is 21.2. The van der Waals surface area contributed by atoms with E-state index in [1.807, 2.05) is 24.3 Å². The van der Waals surface area contributed by atoms with Crippen LogP contribution in [0.4, 0.5) is 0 Å². The van der Waals surface area contributed by atoms with Crippen LogP contribution in [-0.2, 0) is 10.4 Å². The van der Waals surface area contributed by atoms with Gasteiger partial charge in [-0.25, -0.2) is 4.98 Å². The fourth-order valence-corrected chi connectivity index (χ4v) is 2.23. The number of aromatic nitrogens is 2. The van der Waals surface area contributed by atoms with Gasteiger partial charge in [-0.2, -0.15) is 8.42 Å². The number of ketones is 1. The number of aryl methyl sites for hydroxylation is 1. The zero-order valence-electron chi connectivity index (χ0n) is 14.7. The Bertz CT molecular complexity index is 956. The third-order valence-corrected chi connectivity index (χ3v) is 3.67.